The monoisotopic (exact) mass is 331 g/mol. The van der Waals surface area contributed by atoms with Crippen LogP contribution in [0.2, 0.25) is 0 Å². The fraction of sp³-hybridized carbons (Fsp3) is 0.154. The highest BCUT2D eigenvalue weighted by molar-refractivity contribution is 7.89. The average molecular weight is 331 g/mol. The van der Waals surface area contributed by atoms with E-state index in [2.05, 4.69) is 9.71 Å². The van der Waals surface area contributed by atoms with Gasteiger partial charge in [0.15, 0.2) is 0 Å². The van der Waals surface area contributed by atoms with Crippen LogP contribution in [0.3, 0.4) is 0 Å². The predicted octanol–water partition coefficient (Wildman–Crippen LogP) is 2.16. The van der Waals surface area contributed by atoms with E-state index in [1.165, 1.54) is 0 Å². The third kappa shape index (κ3) is 3.95. The number of nitrogens with one attached hydrogen (secondary N) is 1. The number of nitrogens with zero attached hydrogens (tertiary/aromatic N) is 1. The Labute approximate surface area is 125 Å². The maximum atomic E-state index is 12.4. The van der Waals surface area contributed by atoms with Crippen molar-refractivity contribution < 1.29 is 21.6 Å². The number of aromatic nitrogens is 1. The molecule has 1 aromatic carbocycles. The summed E-state index contributed by atoms with van der Waals surface area (Å²) in [5.74, 6) is 0. The zero-order chi connectivity index (χ0) is 16.4. The molecule has 0 fully saturated rings. The minimum atomic E-state index is -4.61. The molecule has 0 radical (unpaired) electrons. The molecule has 0 atom stereocenters. The molecule has 0 bridgehead atoms. The Morgan fingerprint density at radius 1 is 1.18 bits per heavy atom. The Bertz CT molecular complexity index is 759. The first-order chi connectivity index (χ1) is 10.2. The van der Waals surface area contributed by atoms with Crippen LogP contribution in [0, 0.1) is 0 Å². The van der Waals surface area contributed by atoms with Crippen molar-refractivity contribution in [3.05, 3.63) is 53.9 Å². The van der Waals surface area contributed by atoms with Gasteiger partial charge in [-0.1, -0.05) is 12.1 Å². The second kappa shape index (κ2) is 5.93. The van der Waals surface area contributed by atoms with Gasteiger partial charge in [-0.3, -0.25) is 4.98 Å². The van der Waals surface area contributed by atoms with Crippen LogP contribution < -0.4 is 10.5 Å². The first-order valence-electron chi connectivity index (χ1n) is 6.06. The van der Waals surface area contributed by atoms with Crippen LogP contribution in [0.1, 0.15) is 11.3 Å². The van der Waals surface area contributed by atoms with E-state index in [0.29, 0.717) is 23.5 Å². The maximum Gasteiger partial charge on any atom is 0.433 e. The largest absolute Gasteiger partial charge is 0.433 e. The molecule has 0 saturated heterocycles. The normalized spacial score (nSPS) is 12.3. The summed E-state index contributed by atoms with van der Waals surface area (Å²) in [6, 6.07) is 8.06. The molecule has 0 aliphatic carbocycles. The minimum Gasteiger partial charge on any atom is -0.399 e. The van der Waals surface area contributed by atoms with E-state index >= 15 is 0 Å². The van der Waals surface area contributed by atoms with E-state index < -0.39 is 21.9 Å². The van der Waals surface area contributed by atoms with Crippen LogP contribution in [-0.2, 0) is 22.7 Å². The minimum absolute atomic E-state index is 0.0333. The number of hydrogen-bond acceptors (Lipinski definition) is 4. The number of sulfonamides is 1. The Kier molecular flexibility index (Phi) is 4.38. The fourth-order valence-electron chi connectivity index (χ4n) is 1.67. The quantitative estimate of drug-likeness (QED) is 0.841. The molecule has 0 aliphatic heterocycles. The number of benzene rings is 1. The topological polar surface area (TPSA) is 85.1 Å². The van der Waals surface area contributed by atoms with E-state index in [-0.39, 0.29) is 11.4 Å². The highest BCUT2D eigenvalue weighted by Gasteiger charge is 2.32. The van der Waals surface area contributed by atoms with Gasteiger partial charge in [-0.15, -0.1) is 0 Å². The summed E-state index contributed by atoms with van der Waals surface area (Å²) in [5, 5.41) is 0. The molecule has 2 aromatic rings. The van der Waals surface area contributed by atoms with Crippen molar-refractivity contribution in [1.82, 2.24) is 9.71 Å². The van der Waals surface area contributed by atoms with Gasteiger partial charge in [-0.25, -0.2) is 13.1 Å². The summed E-state index contributed by atoms with van der Waals surface area (Å²) < 4.78 is 63.4. The highest BCUT2D eigenvalue weighted by Crippen LogP contribution is 2.27. The lowest BCUT2D eigenvalue weighted by molar-refractivity contribution is -0.141. The van der Waals surface area contributed by atoms with Gasteiger partial charge in [0.05, 0.1) is 0 Å². The first-order valence-corrected chi connectivity index (χ1v) is 7.54. The number of halogens is 3. The van der Waals surface area contributed by atoms with E-state index in [1.807, 2.05) is 0 Å². The number of nitrogens with two attached hydrogens (primary N) is 1. The molecule has 1 heterocycles. The van der Waals surface area contributed by atoms with Crippen molar-refractivity contribution in [2.45, 2.75) is 17.6 Å². The Balaban J connectivity index is 2.13. The molecule has 118 valence electrons. The van der Waals surface area contributed by atoms with Crippen molar-refractivity contribution in [1.29, 1.82) is 0 Å². The standard InChI is InChI=1S/C13H12F3N3O2S/c14-13(15,16)12-5-4-11(8-18-12)22(20,21)19-7-9-2-1-3-10(17)6-9/h1-6,8,19H,7,17H2. The maximum absolute atomic E-state index is 12.4. The van der Waals surface area contributed by atoms with E-state index in [1.54, 1.807) is 24.3 Å². The molecule has 0 amide bonds. The molecule has 3 N–H and O–H groups in total. The van der Waals surface area contributed by atoms with Crippen molar-refractivity contribution in [2.24, 2.45) is 0 Å². The summed E-state index contributed by atoms with van der Waals surface area (Å²) in [7, 11) is -3.95. The number of anilines is 1. The molecule has 0 aliphatic rings. The highest BCUT2D eigenvalue weighted by atomic mass is 32.2. The summed E-state index contributed by atoms with van der Waals surface area (Å²) >= 11 is 0. The zero-order valence-corrected chi connectivity index (χ0v) is 11.9. The van der Waals surface area contributed by atoms with Crippen molar-refractivity contribution in [3.63, 3.8) is 0 Å². The Morgan fingerprint density at radius 2 is 1.91 bits per heavy atom. The smallest absolute Gasteiger partial charge is 0.399 e. The van der Waals surface area contributed by atoms with E-state index in [4.69, 9.17) is 5.73 Å². The lowest BCUT2D eigenvalue weighted by Crippen LogP contribution is -2.23. The van der Waals surface area contributed by atoms with Gasteiger partial charge in [0.1, 0.15) is 10.6 Å². The molecule has 1 aromatic heterocycles. The number of rotatable bonds is 4. The Morgan fingerprint density at radius 3 is 2.45 bits per heavy atom. The van der Waals surface area contributed by atoms with E-state index in [9.17, 15) is 21.6 Å². The van der Waals surface area contributed by atoms with Crippen molar-refractivity contribution in [2.75, 3.05) is 5.73 Å². The van der Waals surface area contributed by atoms with Gasteiger partial charge in [0.25, 0.3) is 0 Å². The molecular weight excluding hydrogens is 319 g/mol. The second-order valence-corrected chi connectivity index (χ2v) is 6.21. The van der Waals surface area contributed by atoms with Gasteiger partial charge in [-0.05, 0) is 29.8 Å². The molecule has 22 heavy (non-hydrogen) atoms. The molecule has 9 heteroatoms. The summed E-state index contributed by atoms with van der Waals surface area (Å²) in [6.45, 7) is -0.0333. The van der Waals surface area contributed by atoms with Crippen LogP contribution in [-0.4, -0.2) is 13.4 Å². The second-order valence-electron chi connectivity index (χ2n) is 4.45. The van der Waals surface area contributed by atoms with Crippen LogP contribution in [0.15, 0.2) is 47.5 Å². The van der Waals surface area contributed by atoms with E-state index in [0.717, 1.165) is 6.07 Å². The SMILES string of the molecule is Nc1cccc(CNS(=O)(=O)c2ccc(C(F)(F)F)nc2)c1. The van der Waals surface area contributed by atoms with Crippen molar-refractivity contribution >= 4 is 15.7 Å². The number of nitrogen functional groups attached to an aromatic ring is 1. The van der Waals surface area contributed by atoms with Gasteiger partial charge in [0, 0.05) is 18.4 Å². The summed E-state index contributed by atoms with van der Waals surface area (Å²) in [6.07, 6.45) is -3.94. The third-order valence-corrected chi connectivity index (χ3v) is 4.14. The number of alkyl halides is 3. The van der Waals surface area contributed by atoms with Gasteiger partial charge in [0.2, 0.25) is 10.0 Å². The lowest BCUT2D eigenvalue weighted by Gasteiger charge is -2.09. The summed E-state index contributed by atoms with van der Waals surface area (Å²) in [5.41, 5.74) is 5.53. The molecule has 0 unspecified atom stereocenters. The van der Waals surface area contributed by atoms with Crippen LogP contribution >= 0.6 is 0 Å². The molecular formula is C13H12F3N3O2S. The first kappa shape index (κ1) is 16.2. The molecule has 0 spiro atoms. The molecule has 2 rings (SSSR count). The van der Waals surface area contributed by atoms with Crippen LogP contribution in [0.4, 0.5) is 18.9 Å². The summed E-state index contributed by atoms with van der Waals surface area (Å²) in [4.78, 5) is 2.78. The van der Waals surface area contributed by atoms with Gasteiger partial charge >= 0.3 is 6.18 Å². The Hall–Kier alpha value is -2.13. The molecule has 5 nitrogen and oxygen atoms in total. The number of pyridine rings is 1. The zero-order valence-electron chi connectivity index (χ0n) is 11.1. The van der Waals surface area contributed by atoms with Crippen LogP contribution in [0.5, 0.6) is 0 Å². The average Bonchev–Trinajstić information content (AvgIpc) is 2.45. The number of hydrogen-bond donors (Lipinski definition) is 2. The van der Waals surface area contributed by atoms with Gasteiger partial charge < -0.3 is 5.73 Å². The fourth-order valence-corrected chi connectivity index (χ4v) is 2.63. The third-order valence-electron chi connectivity index (χ3n) is 2.75. The molecule has 0 saturated carbocycles. The van der Waals surface area contributed by atoms with Crippen LogP contribution in [0.25, 0.3) is 0 Å². The van der Waals surface area contributed by atoms with Crippen molar-refractivity contribution in [3.8, 4) is 0 Å². The lowest BCUT2D eigenvalue weighted by atomic mass is 10.2. The van der Waals surface area contributed by atoms with Gasteiger partial charge in [-0.2, -0.15) is 13.2 Å². The predicted molar refractivity (Wildman–Crippen MR) is 74.1 cm³/mol.